The lowest BCUT2D eigenvalue weighted by Gasteiger charge is -2.18. The van der Waals surface area contributed by atoms with Crippen molar-refractivity contribution < 1.29 is 14.0 Å². The van der Waals surface area contributed by atoms with Gasteiger partial charge in [0.2, 0.25) is 0 Å². The van der Waals surface area contributed by atoms with E-state index in [1.54, 1.807) is 25.2 Å². The molecule has 3 amide bonds. The highest BCUT2D eigenvalue weighted by molar-refractivity contribution is 5.94. The van der Waals surface area contributed by atoms with E-state index in [1.807, 2.05) is 13.0 Å². The van der Waals surface area contributed by atoms with Crippen LogP contribution in [-0.4, -0.2) is 25.5 Å². The summed E-state index contributed by atoms with van der Waals surface area (Å²) in [6.07, 6.45) is 0. The van der Waals surface area contributed by atoms with Crippen LogP contribution in [0.3, 0.4) is 0 Å². The number of carbonyl (C=O) groups excluding carboxylic acids is 2. The van der Waals surface area contributed by atoms with Gasteiger partial charge in [0.1, 0.15) is 5.82 Å². The first-order valence-electron chi connectivity index (χ1n) is 7.65. The van der Waals surface area contributed by atoms with Crippen LogP contribution in [0.5, 0.6) is 0 Å². The SMILES string of the molecule is CCNC(=O)c1cccc(CNC(=O)N(C)c2ccc(F)cc2)c1. The van der Waals surface area contributed by atoms with Crippen LogP contribution in [0.2, 0.25) is 0 Å². The summed E-state index contributed by atoms with van der Waals surface area (Å²) < 4.78 is 12.9. The highest BCUT2D eigenvalue weighted by Gasteiger charge is 2.11. The number of nitrogens with zero attached hydrogens (tertiary/aromatic N) is 1. The van der Waals surface area contributed by atoms with Crippen molar-refractivity contribution in [3.8, 4) is 0 Å². The molecule has 0 saturated carbocycles. The number of amides is 3. The number of nitrogens with one attached hydrogen (secondary N) is 2. The fourth-order valence-corrected chi connectivity index (χ4v) is 2.16. The van der Waals surface area contributed by atoms with E-state index in [2.05, 4.69) is 10.6 Å². The van der Waals surface area contributed by atoms with E-state index in [4.69, 9.17) is 0 Å². The standard InChI is InChI=1S/C18H20FN3O2/c1-3-20-17(23)14-6-4-5-13(11-14)12-21-18(24)22(2)16-9-7-15(19)8-10-16/h4-11H,3,12H2,1-2H3,(H,20,23)(H,21,24). The summed E-state index contributed by atoms with van der Waals surface area (Å²) in [6.45, 7) is 2.70. The highest BCUT2D eigenvalue weighted by atomic mass is 19.1. The number of hydrogen-bond acceptors (Lipinski definition) is 2. The van der Waals surface area contributed by atoms with E-state index in [1.165, 1.54) is 29.2 Å². The summed E-state index contributed by atoms with van der Waals surface area (Å²) in [4.78, 5) is 25.4. The van der Waals surface area contributed by atoms with E-state index < -0.39 is 0 Å². The van der Waals surface area contributed by atoms with E-state index >= 15 is 0 Å². The zero-order valence-corrected chi connectivity index (χ0v) is 13.7. The number of anilines is 1. The minimum absolute atomic E-state index is 0.144. The summed E-state index contributed by atoms with van der Waals surface area (Å²) in [7, 11) is 1.60. The molecule has 2 aromatic rings. The number of benzene rings is 2. The molecular weight excluding hydrogens is 309 g/mol. The molecule has 0 unspecified atom stereocenters. The van der Waals surface area contributed by atoms with Crippen molar-refractivity contribution >= 4 is 17.6 Å². The molecule has 0 saturated heterocycles. The van der Waals surface area contributed by atoms with Crippen LogP contribution >= 0.6 is 0 Å². The third kappa shape index (κ3) is 4.55. The van der Waals surface area contributed by atoms with Gasteiger partial charge in [-0.1, -0.05) is 12.1 Å². The first-order chi connectivity index (χ1) is 11.5. The van der Waals surface area contributed by atoms with Gasteiger partial charge in [0, 0.05) is 31.4 Å². The highest BCUT2D eigenvalue weighted by Crippen LogP contribution is 2.13. The minimum Gasteiger partial charge on any atom is -0.352 e. The van der Waals surface area contributed by atoms with Crippen molar-refractivity contribution in [1.82, 2.24) is 10.6 Å². The molecule has 0 aliphatic rings. The number of carbonyl (C=O) groups is 2. The van der Waals surface area contributed by atoms with Crippen LogP contribution in [0, 0.1) is 5.82 Å². The van der Waals surface area contributed by atoms with Gasteiger partial charge in [-0.3, -0.25) is 9.69 Å². The third-order valence-corrected chi connectivity index (χ3v) is 3.49. The van der Waals surface area contributed by atoms with E-state index in [0.29, 0.717) is 17.8 Å². The van der Waals surface area contributed by atoms with Gasteiger partial charge in [0.25, 0.3) is 5.91 Å². The lowest BCUT2D eigenvalue weighted by Crippen LogP contribution is -2.36. The molecule has 2 rings (SSSR count). The molecule has 0 aliphatic carbocycles. The first-order valence-corrected chi connectivity index (χ1v) is 7.65. The predicted octanol–water partition coefficient (Wildman–Crippen LogP) is 2.92. The molecule has 2 aromatic carbocycles. The monoisotopic (exact) mass is 329 g/mol. The summed E-state index contributed by atoms with van der Waals surface area (Å²) in [5, 5.41) is 5.50. The number of hydrogen-bond donors (Lipinski definition) is 2. The second kappa shape index (κ2) is 8.10. The second-order valence-electron chi connectivity index (χ2n) is 5.25. The maximum Gasteiger partial charge on any atom is 0.321 e. The summed E-state index contributed by atoms with van der Waals surface area (Å²) in [5.41, 5.74) is 1.96. The zero-order chi connectivity index (χ0) is 17.5. The Labute approximate surface area is 140 Å². The van der Waals surface area contributed by atoms with Crippen LogP contribution in [0.15, 0.2) is 48.5 Å². The summed E-state index contributed by atoms with van der Waals surface area (Å²) in [5.74, 6) is -0.496. The molecule has 0 radical (unpaired) electrons. The Kier molecular flexibility index (Phi) is 5.89. The molecule has 126 valence electrons. The molecule has 0 spiro atoms. The lowest BCUT2D eigenvalue weighted by atomic mass is 10.1. The molecule has 24 heavy (non-hydrogen) atoms. The average Bonchev–Trinajstić information content (AvgIpc) is 2.60. The molecule has 0 aliphatic heterocycles. The fraction of sp³-hybridized carbons (Fsp3) is 0.222. The molecule has 6 heteroatoms. The number of halogens is 1. The summed E-state index contributed by atoms with van der Waals surface area (Å²) in [6, 6.07) is 12.4. The van der Waals surface area contributed by atoms with Crippen molar-refractivity contribution in [3.63, 3.8) is 0 Å². The Balaban J connectivity index is 1.97. The fourth-order valence-electron chi connectivity index (χ4n) is 2.16. The minimum atomic E-state index is -0.352. The van der Waals surface area contributed by atoms with Crippen LogP contribution < -0.4 is 15.5 Å². The lowest BCUT2D eigenvalue weighted by molar-refractivity contribution is 0.0955. The summed E-state index contributed by atoms with van der Waals surface area (Å²) >= 11 is 0. The first kappa shape index (κ1) is 17.5. The smallest absolute Gasteiger partial charge is 0.321 e. The maximum absolute atomic E-state index is 12.9. The maximum atomic E-state index is 12.9. The van der Waals surface area contributed by atoms with Crippen LogP contribution in [0.4, 0.5) is 14.9 Å². The Bertz CT molecular complexity index is 716. The van der Waals surface area contributed by atoms with Crippen LogP contribution in [0.25, 0.3) is 0 Å². The van der Waals surface area contributed by atoms with Crippen molar-refractivity contribution in [2.45, 2.75) is 13.5 Å². The van der Waals surface area contributed by atoms with Crippen molar-refractivity contribution in [1.29, 1.82) is 0 Å². The van der Waals surface area contributed by atoms with Crippen molar-refractivity contribution in [2.75, 3.05) is 18.5 Å². The normalized spacial score (nSPS) is 10.1. The molecule has 0 bridgehead atoms. The van der Waals surface area contributed by atoms with E-state index in [0.717, 1.165) is 5.56 Å². The molecule has 0 fully saturated rings. The predicted molar refractivity (Wildman–Crippen MR) is 91.5 cm³/mol. The van der Waals surface area contributed by atoms with Crippen LogP contribution in [-0.2, 0) is 6.54 Å². The molecule has 5 nitrogen and oxygen atoms in total. The van der Waals surface area contributed by atoms with E-state index in [9.17, 15) is 14.0 Å². The Morgan fingerprint density at radius 1 is 1.08 bits per heavy atom. The third-order valence-electron chi connectivity index (χ3n) is 3.49. The Hall–Kier alpha value is -2.89. The molecular formula is C18H20FN3O2. The molecule has 0 aromatic heterocycles. The number of urea groups is 1. The van der Waals surface area contributed by atoms with Gasteiger partial charge in [-0.15, -0.1) is 0 Å². The van der Waals surface area contributed by atoms with Gasteiger partial charge in [-0.25, -0.2) is 9.18 Å². The topological polar surface area (TPSA) is 61.4 Å². The molecule has 0 atom stereocenters. The molecule has 2 N–H and O–H groups in total. The van der Waals surface area contributed by atoms with Gasteiger partial charge in [0.15, 0.2) is 0 Å². The zero-order valence-electron chi connectivity index (χ0n) is 13.7. The quantitative estimate of drug-likeness (QED) is 0.886. The Morgan fingerprint density at radius 3 is 2.46 bits per heavy atom. The van der Waals surface area contributed by atoms with Gasteiger partial charge < -0.3 is 10.6 Å². The largest absolute Gasteiger partial charge is 0.352 e. The number of rotatable bonds is 5. The van der Waals surface area contributed by atoms with Gasteiger partial charge >= 0.3 is 6.03 Å². The van der Waals surface area contributed by atoms with Crippen molar-refractivity contribution in [3.05, 3.63) is 65.5 Å². The molecule has 0 heterocycles. The van der Waals surface area contributed by atoms with Crippen LogP contribution in [0.1, 0.15) is 22.8 Å². The van der Waals surface area contributed by atoms with Gasteiger partial charge in [-0.2, -0.15) is 0 Å². The Morgan fingerprint density at radius 2 is 1.79 bits per heavy atom. The van der Waals surface area contributed by atoms with Gasteiger partial charge in [-0.05, 0) is 48.9 Å². The average molecular weight is 329 g/mol. The van der Waals surface area contributed by atoms with Gasteiger partial charge in [0.05, 0.1) is 0 Å². The van der Waals surface area contributed by atoms with Crippen molar-refractivity contribution in [2.24, 2.45) is 0 Å². The second-order valence-corrected chi connectivity index (χ2v) is 5.25. The van der Waals surface area contributed by atoms with E-state index in [-0.39, 0.29) is 24.3 Å².